The molecule has 1 saturated heterocycles. The van der Waals surface area contributed by atoms with E-state index in [9.17, 15) is 4.79 Å². The average Bonchev–Trinajstić information content (AvgIpc) is 2.88. The van der Waals surface area contributed by atoms with E-state index in [0.717, 1.165) is 12.0 Å². The van der Waals surface area contributed by atoms with Gasteiger partial charge in [0.05, 0.1) is 11.1 Å². The van der Waals surface area contributed by atoms with Gasteiger partial charge >= 0.3 is 0 Å². The van der Waals surface area contributed by atoms with E-state index in [-0.39, 0.29) is 12.0 Å². The van der Waals surface area contributed by atoms with E-state index >= 15 is 0 Å². The van der Waals surface area contributed by atoms with E-state index < -0.39 is 6.10 Å². The third-order valence-electron chi connectivity index (χ3n) is 3.05. The Bertz CT molecular complexity index is 467. The molecule has 3 N–H and O–H groups in total. The number of hydrazine groups is 1. The van der Waals surface area contributed by atoms with E-state index in [4.69, 9.17) is 26.9 Å². The third-order valence-corrected chi connectivity index (χ3v) is 3.37. The van der Waals surface area contributed by atoms with Gasteiger partial charge in [-0.1, -0.05) is 17.7 Å². The van der Waals surface area contributed by atoms with E-state index in [1.54, 1.807) is 6.07 Å². The van der Waals surface area contributed by atoms with Crippen LogP contribution in [-0.4, -0.2) is 24.7 Å². The highest BCUT2D eigenvalue weighted by molar-refractivity contribution is 6.32. The van der Waals surface area contributed by atoms with E-state index in [1.165, 1.54) is 0 Å². The van der Waals surface area contributed by atoms with Crippen LogP contribution in [0.4, 0.5) is 0 Å². The van der Waals surface area contributed by atoms with Crippen LogP contribution in [0.3, 0.4) is 0 Å². The molecule has 1 amide bonds. The molecule has 0 aromatic heterocycles. The van der Waals surface area contributed by atoms with Gasteiger partial charge in [-0.15, -0.1) is 0 Å². The van der Waals surface area contributed by atoms with Crippen molar-refractivity contribution in [3.63, 3.8) is 0 Å². The second-order valence-electron chi connectivity index (χ2n) is 4.58. The summed E-state index contributed by atoms with van der Waals surface area (Å²) in [6.45, 7) is 2.34. The summed E-state index contributed by atoms with van der Waals surface area (Å²) in [7, 11) is 0. The number of hydrogen-bond donors (Lipinski definition) is 2. The molecule has 2 unspecified atom stereocenters. The molecule has 0 spiro atoms. The molecule has 5 nitrogen and oxygen atoms in total. The van der Waals surface area contributed by atoms with Crippen molar-refractivity contribution in [1.82, 2.24) is 5.43 Å². The van der Waals surface area contributed by atoms with Gasteiger partial charge in [0.1, 0.15) is 18.5 Å². The van der Waals surface area contributed by atoms with Crippen molar-refractivity contribution >= 4 is 17.5 Å². The lowest BCUT2D eigenvalue weighted by molar-refractivity contribution is -0.132. The first kappa shape index (κ1) is 14.1. The number of rotatable bonds is 4. The van der Waals surface area contributed by atoms with Crippen LogP contribution >= 0.6 is 11.6 Å². The van der Waals surface area contributed by atoms with Crippen LogP contribution in [0.5, 0.6) is 5.75 Å². The van der Waals surface area contributed by atoms with Crippen molar-refractivity contribution in [3.8, 4) is 5.75 Å². The molecular formula is C13H17ClN2O3. The molecule has 2 atom stereocenters. The Labute approximate surface area is 117 Å². The predicted molar refractivity (Wildman–Crippen MR) is 71.9 cm³/mol. The highest BCUT2D eigenvalue weighted by Crippen LogP contribution is 2.27. The minimum atomic E-state index is -0.480. The lowest BCUT2D eigenvalue weighted by atomic mass is 10.2. The Balaban J connectivity index is 1.87. The molecule has 0 radical (unpaired) electrons. The fourth-order valence-electron chi connectivity index (χ4n) is 2.02. The molecule has 0 bridgehead atoms. The van der Waals surface area contributed by atoms with Crippen LogP contribution in [0.25, 0.3) is 0 Å². The van der Waals surface area contributed by atoms with Crippen molar-refractivity contribution in [3.05, 3.63) is 28.8 Å². The lowest BCUT2D eigenvalue weighted by Crippen LogP contribution is -2.39. The maximum atomic E-state index is 11.3. The minimum Gasteiger partial charge on any atom is -0.489 e. The maximum Gasteiger partial charge on any atom is 0.263 e. The number of hydrogen-bond acceptors (Lipinski definition) is 4. The molecule has 1 aromatic rings. The summed E-state index contributed by atoms with van der Waals surface area (Å²) in [6.07, 6.45) is 0.825. The summed E-state index contributed by atoms with van der Waals surface area (Å²) in [6, 6.07) is 5.59. The predicted octanol–water partition coefficient (Wildman–Crippen LogP) is 1.56. The number of amides is 1. The van der Waals surface area contributed by atoms with Crippen LogP contribution in [0, 0.1) is 6.92 Å². The van der Waals surface area contributed by atoms with Crippen LogP contribution in [-0.2, 0) is 9.53 Å². The van der Waals surface area contributed by atoms with Gasteiger partial charge in [-0.2, -0.15) is 0 Å². The summed E-state index contributed by atoms with van der Waals surface area (Å²) < 4.78 is 11.2. The first-order chi connectivity index (χ1) is 9.10. The van der Waals surface area contributed by atoms with Crippen molar-refractivity contribution < 1.29 is 14.3 Å². The van der Waals surface area contributed by atoms with Gasteiger partial charge in [-0.3, -0.25) is 10.2 Å². The van der Waals surface area contributed by atoms with Gasteiger partial charge in [0.15, 0.2) is 0 Å². The number of ether oxygens (including phenoxy) is 2. The molecule has 1 aromatic carbocycles. The fourth-order valence-corrected chi connectivity index (χ4v) is 2.19. The molecule has 19 heavy (non-hydrogen) atoms. The Hall–Kier alpha value is -1.30. The average molecular weight is 285 g/mol. The fraction of sp³-hybridized carbons (Fsp3) is 0.462. The van der Waals surface area contributed by atoms with Gasteiger partial charge in [-0.05, 0) is 37.5 Å². The minimum absolute atomic E-state index is 0.112. The Morgan fingerprint density at radius 2 is 2.37 bits per heavy atom. The van der Waals surface area contributed by atoms with Crippen molar-refractivity contribution in [2.75, 3.05) is 6.61 Å². The Morgan fingerprint density at radius 3 is 3.11 bits per heavy atom. The number of aryl methyl sites for hydroxylation is 1. The molecule has 2 rings (SSSR count). The molecule has 1 fully saturated rings. The molecule has 6 heteroatoms. The second-order valence-corrected chi connectivity index (χ2v) is 4.98. The molecule has 0 saturated carbocycles. The number of carbonyl (C=O) groups excluding carboxylic acids is 1. The van der Waals surface area contributed by atoms with Crippen molar-refractivity contribution in [2.45, 2.75) is 32.0 Å². The number of carbonyl (C=O) groups is 1. The third kappa shape index (κ3) is 3.59. The smallest absolute Gasteiger partial charge is 0.263 e. The quantitative estimate of drug-likeness (QED) is 0.500. The number of halogens is 1. The summed E-state index contributed by atoms with van der Waals surface area (Å²) in [4.78, 5) is 11.3. The summed E-state index contributed by atoms with van der Waals surface area (Å²) in [5.41, 5.74) is 3.17. The first-order valence-corrected chi connectivity index (χ1v) is 6.53. The number of nitrogens with one attached hydrogen (secondary N) is 1. The van der Waals surface area contributed by atoms with Crippen LogP contribution in [0.2, 0.25) is 5.02 Å². The number of benzene rings is 1. The first-order valence-electron chi connectivity index (χ1n) is 6.15. The van der Waals surface area contributed by atoms with Crippen LogP contribution < -0.4 is 16.0 Å². The zero-order valence-electron chi connectivity index (χ0n) is 10.7. The summed E-state index contributed by atoms with van der Waals surface area (Å²) in [5.74, 6) is 5.41. The topological polar surface area (TPSA) is 73.6 Å². The maximum absolute atomic E-state index is 11.3. The summed E-state index contributed by atoms with van der Waals surface area (Å²) in [5, 5.41) is 0.569. The van der Waals surface area contributed by atoms with Crippen LogP contribution in [0.1, 0.15) is 18.4 Å². The van der Waals surface area contributed by atoms with Crippen molar-refractivity contribution in [2.24, 2.45) is 5.84 Å². The van der Waals surface area contributed by atoms with Gasteiger partial charge in [0, 0.05) is 0 Å². The normalized spacial score (nSPS) is 22.3. The molecule has 1 heterocycles. The molecular weight excluding hydrogens is 268 g/mol. The van der Waals surface area contributed by atoms with E-state index in [1.807, 2.05) is 19.1 Å². The van der Waals surface area contributed by atoms with Crippen LogP contribution in [0.15, 0.2) is 18.2 Å². The zero-order valence-corrected chi connectivity index (χ0v) is 11.4. The Kier molecular flexibility index (Phi) is 4.63. The second kappa shape index (κ2) is 6.23. The largest absolute Gasteiger partial charge is 0.489 e. The van der Waals surface area contributed by atoms with E-state index in [0.29, 0.717) is 23.8 Å². The Morgan fingerprint density at radius 1 is 1.58 bits per heavy atom. The van der Waals surface area contributed by atoms with E-state index in [2.05, 4.69) is 5.43 Å². The number of nitrogens with two attached hydrogens (primary N) is 1. The molecule has 1 aliphatic rings. The highest BCUT2D eigenvalue weighted by Gasteiger charge is 2.30. The van der Waals surface area contributed by atoms with Gasteiger partial charge in [0.2, 0.25) is 0 Å². The standard InChI is InChI=1S/C13H17ClN2O3/c1-8-2-4-10(14)12(6-8)18-7-9-3-5-11(19-9)13(17)16-15/h2,4,6,9,11H,3,5,7,15H2,1H3,(H,16,17). The van der Waals surface area contributed by atoms with Crippen molar-refractivity contribution in [1.29, 1.82) is 0 Å². The summed E-state index contributed by atoms with van der Waals surface area (Å²) >= 11 is 6.04. The SMILES string of the molecule is Cc1ccc(Cl)c(OCC2CCC(C(=O)NN)O2)c1. The molecule has 104 valence electrons. The van der Waals surface area contributed by atoms with Gasteiger partial charge < -0.3 is 9.47 Å². The highest BCUT2D eigenvalue weighted by atomic mass is 35.5. The zero-order chi connectivity index (χ0) is 13.8. The molecule has 0 aliphatic carbocycles. The van der Waals surface area contributed by atoms with Gasteiger partial charge in [0.25, 0.3) is 5.91 Å². The lowest BCUT2D eigenvalue weighted by Gasteiger charge is -2.14. The van der Waals surface area contributed by atoms with Gasteiger partial charge in [-0.25, -0.2) is 5.84 Å². The molecule has 1 aliphatic heterocycles. The monoisotopic (exact) mass is 284 g/mol.